The second-order valence-corrected chi connectivity index (χ2v) is 7.20. The highest BCUT2D eigenvalue weighted by molar-refractivity contribution is 7.93. The third-order valence-electron chi connectivity index (χ3n) is 3.73. The molecule has 0 aliphatic heterocycles. The summed E-state index contributed by atoms with van der Waals surface area (Å²) in [5.74, 6) is 0. The molecular weight excluding hydrogens is 260 g/mol. The molecule has 1 aromatic carbocycles. The van der Waals surface area contributed by atoms with Crippen molar-refractivity contribution in [1.29, 1.82) is 0 Å². The van der Waals surface area contributed by atoms with E-state index in [0.29, 0.717) is 17.9 Å². The first-order valence-corrected chi connectivity index (χ1v) is 8.43. The van der Waals surface area contributed by atoms with Crippen LogP contribution in [0, 0.1) is 0 Å². The largest absolute Gasteiger partial charge is 0.399 e. The average Bonchev–Trinajstić information content (AvgIpc) is 2.40. The van der Waals surface area contributed by atoms with Crippen molar-refractivity contribution in [2.45, 2.75) is 44.3 Å². The van der Waals surface area contributed by atoms with E-state index in [4.69, 9.17) is 5.73 Å². The van der Waals surface area contributed by atoms with Gasteiger partial charge in [0.1, 0.15) is 0 Å². The molecule has 4 nitrogen and oxygen atoms in total. The first-order chi connectivity index (χ1) is 9.05. The van der Waals surface area contributed by atoms with Crippen LogP contribution < -0.4 is 10.0 Å². The molecule has 0 heterocycles. The molecule has 0 saturated heterocycles. The molecule has 5 heteroatoms. The first-order valence-electron chi connectivity index (χ1n) is 6.93. The normalized spacial score (nSPS) is 17.3. The quantitative estimate of drug-likeness (QED) is 0.864. The molecule has 0 atom stereocenters. The smallest absolute Gasteiger partial charge is 0.238 e. The van der Waals surface area contributed by atoms with Crippen LogP contribution in [0.1, 0.15) is 39.0 Å². The van der Waals surface area contributed by atoms with Gasteiger partial charge in [-0.15, -0.1) is 0 Å². The fourth-order valence-electron chi connectivity index (χ4n) is 2.73. The number of nitrogen functional groups attached to an aromatic ring is 1. The van der Waals surface area contributed by atoms with E-state index in [1.54, 1.807) is 24.3 Å². The van der Waals surface area contributed by atoms with Gasteiger partial charge in [0.25, 0.3) is 0 Å². The van der Waals surface area contributed by atoms with Gasteiger partial charge in [-0.25, -0.2) is 8.42 Å². The second kappa shape index (κ2) is 5.82. The maximum absolute atomic E-state index is 12.7. The molecule has 1 aliphatic rings. The van der Waals surface area contributed by atoms with Crippen LogP contribution in [0.25, 0.3) is 0 Å². The zero-order valence-corrected chi connectivity index (χ0v) is 12.2. The van der Waals surface area contributed by atoms with Gasteiger partial charge in [0, 0.05) is 12.2 Å². The lowest BCUT2D eigenvalue weighted by atomic mass is 10.0. The minimum absolute atomic E-state index is 0.234. The van der Waals surface area contributed by atoms with Crippen molar-refractivity contribution in [3.8, 4) is 0 Å². The zero-order chi connectivity index (χ0) is 13.9. The number of hydrogen-bond acceptors (Lipinski definition) is 3. The Morgan fingerprint density at radius 1 is 1.26 bits per heavy atom. The molecule has 0 aromatic heterocycles. The molecule has 2 rings (SSSR count). The van der Waals surface area contributed by atoms with E-state index in [2.05, 4.69) is 0 Å². The summed E-state index contributed by atoms with van der Waals surface area (Å²) >= 11 is 0. The third-order valence-corrected chi connectivity index (χ3v) is 6.12. The Hall–Kier alpha value is -1.23. The standard InChI is InChI=1S/C14H22N2O2S/c1-2-16(13-8-6-7-12(15)11-13)19(17,18)14-9-4-3-5-10-14/h6-8,11,14H,2-5,9-10,15H2,1H3. The summed E-state index contributed by atoms with van der Waals surface area (Å²) in [7, 11) is -3.27. The SMILES string of the molecule is CCN(c1cccc(N)c1)S(=O)(=O)C1CCCCC1. The van der Waals surface area contributed by atoms with Crippen molar-refractivity contribution >= 4 is 21.4 Å². The summed E-state index contributed by atoms with van der Waals surface area (Å²) < 4.78 is 26.9. The molecule has 0 bridgehead atoms. The van der Waals surface area contributed by atoms with Crippen LogP contribution in [0.2, 0.25) is 0 Å². The van der Waals surface area contributed by atoms with Gasteiger partial charge in [-0.1, -0.05) is 25.3 Å². The number of nitrogens with zero attached hydrogens (tertiary/aromatic N) is 1. The molecule has 0 amide bonds. The lowest BCUT2D eigenvalue weighted by Crippen LogP contribution is -2.39. The van der Waals surface area contributed by atoms with E-state index in [0.717, 1.165) is 32.1 Å². The lowest BCUT2D eigenvalue weighted by Gasteiger charge is -2.30. The highest BCUT2D eigenvalue weighted by Crippen LogP contribution is 2.29. The van der Waals surface area contributed by atoms with Crippen LogP contribution in [0.5, 0.6) is 0 Å². The van der Waals surface area contributed by atoms with Gasteiger partial charge in [-0.2, -0.15) is 0 Å². The minimum atomic E-state index is -3.27. The fraction of sp³-hybridized carbons (Fsp3) is 0.571. The minimum Gasteiger partial charge on any atom is -0.399 e. The van der Waals surface area contributed by atoms with Gasteiger partial charge in [0.15, 0.2) is 0 Å². The number of sulfonamides is 1. The van der Waals surface area contributed by atoms with E-state index >= 15 is 0 Å². The molecule has 106 valence electrons. The number of benzene rings is 1. The van der Waals surface area contributed by atoms with Crippen molar-refractivity contribution in [2.75, 3.05) is 16.6 Å². The number of nitrogens with two attached hydrogens (primary N) is 1. The summed E-state index contributed by atoms with van der Waals surface area (Å²) in [4.78, 5) is 0. The third kappa shape index (κ3) is 3.03. The topological polar surface area (TPSA) is 63.4 Å². The van der Waals surface area contributed by atoms with E-state index in [1.807, 2.05) is 6.92 Å². The molecule has 1 aromatic rings. The zero-order valence-electron chi connectivity index (χ0n) is 11.4. The maximum atomic E-state index is 12.7. The number of rotatable bonds is 4. The van der Waals surface area contributed by atoms with Gasteiger partial charge in [-0.05, 0) is 38.0 Å². The average molecular weight is 282 g/mol. The summed E-state index contributed by atoms with van der Waals surface area (Å²) in [6, 6.07) is 7.10. The number of hydrogen-bond donors (Lipinski definition) is 1. The van der Waals surface area contributed by atoms with Gasteiger partial charge >= 0.3 is 0 Å². The van der Waals surface area contributed by atoms with Crippen molar-refractivity contribution < 1.29 is 8.42 Å². The summed E-state index contributed by atoms with van der Waals surface area (Å²) in [5, 5.41) is -0.234. The molecule has 0 unspecified atom stereocenters. The molecular formula is C14H22N2O2S. The van der Waals surface area contributed by atoms with Gasteiger partial charge in [-0.3, -0.25) is 4.31 Å². The Morgan fingerprint density at radius 3 is 2.53 bits per heavy atom. The van der Waals surface area contributed by atoms with Crippen molar-refractivity contribution in [3.63, 3.8) is 0 Å². The molecule has 1 saturated carbocycles. The van der Waals surface area contributed by atoms with Gasteiger partial charge < -0.3 is 5.73 Å². The molecule has 0 spiro atoms. The van der Waals surface area contributed by atoms with Crippen LogP contribution in [0.4, 0.5) is 11.4 Å². The van der Waals surface area contributed by atoms with Crippen molar-refractivity contribution in [1.82, 2.24) is 0 Å². The Balaban J connectivity index is 2.30. The Kier molecular flexibility index (Phi) is 4.34. The monoisotopic (exact) mass is 282 g/mol. The number of anilines is 2. The van der Waals surface area contributed by atoms with E-state index in [-0.39, 0.29) is 5.25 Å². The predicted molar refractivity (Wildman–Crippen MR) is 79.7 cm³/mol. The van der Waals surface area contributed by atoms with Crippen LogP contribution in [-0.4, -0.2) is 20.2 Å². The van der Waals surface area contributed by atoms with Crippen molar-refractivity contribution in [2.24, 2.45) is 0 Å². The maximum Gasteiger partial charge on any atom is 0.238 e. The van der Waals surface area contributed by atoms with Gasteiger partial charge in [0.2, 0.25) is 10.0 Å². The molecule has 1 aliphatic carbocycles. The summed E-state index contributed by atoms with van der Waals surface area (Å²) in [5.41, 5.74) is 7.02. The highest BCUT2D eigenvalue weighted by atomic mass is 32.2. The fourth-order valence-corrected chi connectivity index (χ4v) is 4.79. The molecule has 19 heavy (non-hydrogen) atoms. The van der Waals surface area contributed by atoms with Crippen LogP contribution >= 0.6 is 0 Å². The van der Waals surface area contributed by atoms with Crippen LogP contribution in [0.3, 0.4) is 0 Å². The predicted octanol–water partition coefficient (Wildman–Crippen LogP) is 2.76. The van der Waals surface area contributed by atoms with E-state index < -0.39 is 10.0 Å². The first kappa shape index (κ1) is 14.2. The Morgan fingerprint density at radius 2 is 1.95 bits per heavy atom. The Bertz CT molecular complexity index is 522. The van der Waals surface area contributed by atoms with Crippen LogP contribution in [0.15, 0.2) is 24.3 Å². The summed E-state index contributed by atoms with van der Waals surface area (Å²) in [6.45, 7) is 2.31. The van der Waals surface area contributed by atoms with E-state index in [9.17, 15) is 8.42 Å². The summed E-state index contributed by atoms with van der Waals surface area (Å²) in [6.07, 6.45) is 4.73. The van der Waals surface area contributed by atoms with Gasteiger partial charge in [0.05, 0.1) is 10.9 Å². The Labute approximate surface area is 115 Å². The second-order valence-electron chi connectivity index (χ2n) is 5.06. The van der Waals surface area contributed by atoms with E-state index in [1.165, 1.54) is 4.31 Å². The molecule has 0 radical (unpaired) electrons. The lowest BCUT2D eigenvalue weighted by molar-refractivity contribution is 0.482. The van der Waals surface area contributed by atoms with Crippen molar-refractivity contribution in [3.05, 3.63) is 24.3 Å². The van der Waals surface area contributed by atoms with Crippen LogP contribution in [-0.2, 0) is 10.0 Å². The molecule has 2 N–H and O–H groups in total. The molecule has 1 fully saturated rings. The highest BCUT2D eigenvalue weighted by Gasteiger charge is 2.32.